The van der Waals surface area contributed by atoms with Crippen LogP contribution in [0.4, 0.5) is 11.4 Å². The highest BCUT2D eigenvalue weighted by molar-refractivity contribution is 6.32. The van der Waals surface area contributed by atoms with Crippen LogP contribution in [0.3, 0.4) is 0 Å². The Bertz CT molecular complexity index is 1310. The maximum Gasteiger partial charge on any atom is 0.196 e. The van der Waals surface area contributed by atoms with Crippen molar-refractivity contribution in [1.82, 2.24) is 4.90 Å². The van der Waals surface area contributed by atoms with Gasteiger partial charge in [-0.1, -0.05) is 43.3 Å². The van der Waals surface area contributed by atoms with Gasteiger partial charge in [0.15, 0.2) is 17.7 Å². The summed E-state index contributed by atoms with van der Waals surface area (Å²) in [6.45, 7) is 6.34. The molecule has 0 radical (unpaired) electrons. The highest BCUT2D eigenvalue weighted by atomic mass is 16.5. The molecule has 1 N–H and O–H groups in total. The second kappa shape index (κ2) is 8.93. The molecule has 2 atom stereocenters. The van der Waals surface area contributed by atoms with Gasteiger partial charge < -0.3 is 15.0 Å². The molecule has 178 valence electrons. The highest BCUT2D eigenvalue weighted by Crippen LogP contribution is 2.46. The number of hydrogen-bond donors (Lipinski definition) is 1. The number of rotatable bonds is 5. The van der Waals surface area contributed by atoms with Gasteiger partial charge >= 0.3 is 0 Å². The first-order valence-corrected chi connectivity index (χ1v) is 12.6. The number of carbonyl (C=O) groups is 2. The number of nitrogens with one attached hydrogen (secondary N) is 1. The van der Waals surface area contributed by atoms with Crippen LogP contribution in [0.5, 0.6) is 5.75 Å². The largest absolute Gasteiger partial charge is 0.478 e. The maximum absolute atomic E-state index is 13.7. The molecule has 2 aromatic carbocycles. The summed E-state index contributed by atoms with van der Waals surface area (Å²) in [4.78, 5) is 34.6. The number of ether oxygens (including phenoxy) is 1. The summed E-state index contributed by atoms with van der Waals surface area (Å²) >= 11 is 0. The molecule has 4 aliphatic rings. The Morgan fingerprint density at radius 2 is 1.91 bits per heavy atom. The number of nitrogens with zero attached hydrogens (tertiary/aromatic N) is 2. The molecule has 0 amide bonds. The SMILES string of the molecule is C[C@H]1CCCN(CCCNc2cc3c(c4c2C(=O)c2ccccc2C4=O)N=C2C=CC=CC2O3)C1. The number of anilines is 1. The van der Waals surface area contributed by atoms with Crippen molar-refractivity contribution in [3.63, 3.8) is 0 Å². The van der Waals surface area contributed by atoms with E-state index in [-0.39, 0.29) is 17.7 Å². The van der Waals surface area contributed by atoms with Crippen molar-refractivity contribution in [2.45, 2.75) is 32.3 Å². The second-order valence-electron chi connectivity index (χ2n) is 9.87. The molecule has 0 spiro atoms. The van der Waals surface area contributed by atoms with Gasteiger partial charge in [0.2, 0.25) is 0 Å². The number of benzene rings is 2. The van der Waals surface area contributed by atoms with Crippen LogP contribution >= 0.6 is 0 Å². The number of ketones is 2. The Balaban J connectivity index is 1.35. The fourth-order valence-corrected chi connectivity index (χ4v) is 5.59. The molecule has 35 heavy (non-hydrogen) atoms. The molecule has 0 aromatic heterocycles. The van der Waals surface area contributed by atoms with Crippen molar-refractivity contribution in [2.75, 3.05) is 31.5 Å². The zero-order valence-electron chi connectivity index (χ0n) is 19.9. The summed E-state index contributed by atoms with van der Waals surface area (Å²) in [6.07, 6.45) is 10.9. The van der Waals surface area contributed by atoms with Gasteiger partial charge in [-0.05, 0) is 50.4 Å². The molecular formula is C29H29N3O3. The number of aliphatic imine (C=N–C) groups is 1. The third-order valence-electron chi connectivity index (χ3n) is 7.29. The Kier molecular flexibility index (Phi) is 5.61. The van der Waals surface area contributed by atoms with Crippen LogP contribution in [-0.4, -0.2) is 54.5 Å². The normalized spacial score (nSPS) is 22.5. The fraction of sp³-hybridized carbons (Fsp3) is 0.345. The van der Waals surface area contributed by atoms with Gasteiger partial charge in [-0.25, -0.2) is 4.99 Å². The summed E-state index contributed by atoms with van der Waals surface area (Å²) < 4.78 is 6.25. The molecule has 2 heterocycles. The van der Waals surface area contributed by atoms with Gasteiger partial charge in [-0.3, -0.25) is 9.59 Å². The average molecular weight is 468 g/mol. The average Bonchev–Trinajstić information content (AvgIpc) is 2.88. The van der Waals surface area contributed by atoms with Crippen LogP contribution < -0.4 is 10.1 Å². The smallest absolute Gasteiger partial charge is 0.196 e. The van der Waals surface area contributed by atoms with E-state index in [1.165, 1.54) is 12.8 Å². The minimum Gasteiger partial charge on any atom is -0.478 e. The molecule has 2 aromatic rings. The Labute approximate surface area is 205 Å². The maximum atomic E-state index is 13.7. The highest BCUT2D eigenvalue weighted by Gasteiger charge is 2.37. The summed E-state index contributed by atoms with van der Waals surface area (Å²) in [5.41, 5.74) is 3.44. The van der Waals surface area contributed by atoms with Crippen molar-refractivity contribution in [2.24, 2.45) is 10.9 Å². The van der Waals surface area contributed by atoms with Crippen molar-refractivity contribution >= 4 is 28.7 Å². The first kappa shape index (κ1) is 22.0. The molecule has 6 nitrogen and oxygen atoms in total. The van der Waals surface area contributed by atoms with Gasteiger partial charge in [0, 0.05) is 36.0 Å². The molecule has 0 saturated carbocycles. The van der Waals surface area contributed by atoms with Gasteiger partial charge in [-0.2, -0.15) is 0 Å². The lowest BCUT2D eigenvalue weighted by atomic mass is 9.81. The molecule has 2 aliphatic heterocycles. The number of fused-ring (bicyclic) bond motifs is 5. The second-order valence-corrected chi connectivity index (χ2v) is 9.87. The first-order valence-electron chi connectivity index (χ1n) is 12.6. The van der Waals surface area contributed by atoms with Crippen molar-refractivity contribution in [1.29, 1.82) is 0 Å². The van der Waals surface area contributed by atoms with Crippen LogP contribution in [0.1, 0.15) is 58.0 Å². The van der Waals surface area contributed by atoms with E-state index in [0.717, 1.165) is 37.7 Å². The van der Waals surface area contributed by atoms with E-state index < -0.39 is 0 Å². The zero-order chi connectivity index (χ0) is 23.9. The molecule has 6 rings (SSSR count). The molecule has 1 unspecified atom stereocenters. The van der Waals surface area contributed by atoms with Gasteiger partial charge in [0.05, 0.1) is 16.8 Å². The molecule has 1 saturated heterocycles. The Morgan fingerprint density at radius 3 is 2.71 bits per heavy atom. The number of likely N-dealkylation sites (tertiary alicyclic amines) is 1. The van der Waals surface area contributed by atoms with Crippen molar-refractivity contribution < 1.29 is 14.3 Å². The van der Waals surface area contributed by atoms with Gasteiger partial charge in [0.25, 0.3) is 0 Å². The minimum atomic E-state index is -0.291. The number of piperidine rings is 1. The van der Waals surface area contributed by atoms with Gasteiger partial charge in [0.1, 0.15) is 11.4 Å². The van der Waals surface area contributed by atoms with Crippen LogP contribution in [0, 0.1) is 5.92 Å². The number of carbonyl (C=O) groups excluding carboxylic acids is 2. The van der Waals surface area contributed by atoms with Crippen molar-refractivity contribution in [3.05, 3.63) is 76.9 Å². The summed E-state index contributed by atoms with van der Waals surface area (Å²) in [5.74, 6) is 0.954. The summed E-state index contributed by atoms with van der Waals surface area (Å²) in [5, 5.41) is 3.47. The minimum absolute atomic E-state index is 0.147. The van der Waals surface area contributed by atoms with Gasteiger partial charge in [-0.15, -0.1) is 0 Å². The Morgan fingerprint density at radius 1 is 1.11 bits per heavy atom. The quantitative estimate of drug-likeness (QED) is 0.538. The van der Waals surface area contributed by atoms with E-state index in [1.807, 2.05) is 30.4 Å². The lowest BCUT2D eigenvalue weighted by molar-refractivity contribution is 0.0979. The summed E-state index contributed by atoms with van der Waals surface area (Å²) in [7, 11) is 0. The van der Waals surface area contributed by atoms with Crippen LogP contribution in [0.2, 0.25) is 0 Å². The standard InChI is InChI=1S/C29H29N3O3/c1-18-8-6-14-32(17-18)15-7-13-30-22-16-24-27(31-21-11-4-5-12-23(21)35-24)26-25(22)28(33)19-9-2-3-10-20(19)29(26)34/h2-5,9-12,16,18,23,30H,6-8,13-15,17H2,1H3/t18-,23?/m0/s1. The number of allylic oxidation sites excluding steroid dienone is 2. The molecular weight excluding hydrogens is 438 g/mol. The topological polar surface area (TPSA) is 71.0 Å². The van der Waals surface area contributed by atoms with E-state index in [2.05, 4.69) is 17.1 Å². The lowest BCUT2D eigenvalue weighted by Gasteiger charge is -2.31. The zero-order valence-corrected chi connectivity index (χ0v) is 19.9. The third kappa shape index (κ3) is 3.92. The summed E-state index contributed by atoms with van der Waals surface area (Å²) in [6, 6.07) is 8.88. The van der Waals surface area contributed by atoms with Crippen LogP contribution in [0.15, 0.2) is 59.6 Å². The molecule has 2 aliphatic carbocycles. The molecule has 0 bridgehead atoms. The van der Waals surface area contributed by atoms with E-state index in [0.29, 0.717) is 45.9 Å². The predicted molar refractivity (Wildman–Crippen MR) is 137 cm³/mol. The van der Waals surface area contributed by atoms with E-state index >= 15 is 0 Å². The predicted octanol–water partition coefficient (Wildman–Crippen LogP) is 4.96. The van der Waals surface area contributed by atoms with Crippen molar-refractivity contribution in [3.8, 4) is 5.75 Å². The van der Waals surface area contributed by atoms with E-state index in [1.54, 1.807) is 24.3 Å². The lowest BCUT2D eigenvalue weighted by Crippen LogP contribution is -2.35. The monoisotopic (exact) mass is 467 g/mol. The third-order valence-corrected chi connectivity index (χ3v) is 7.29. The molecule has 1 fully saturated rings. The van der Waals surface area contributed by atoms with Crippen LogP contribution in [0.25, 0.3) is 0 Å². The Hall–Kier alpha value is -3.51. The fourth-order valence-electron chi connectivity index (χ4n) is 5.59. The van der Waals surface area contributed by atoms with Crippen LogP contribution in [-0.2, 0) is 0 Å². The van der Waals surface area contributed by atoms with E-state index in [4.69, 9.17) is 9.73 Å². The number of hydrogen-bond acceptors (Lipinski definition) is 6. The molecule has 6 heteroatoms. The van der Waals surface area contributed by atoms with E-state index in [9.17, 15) is 9.59 Å². The first-order chi connectivity index (χ1) is 17.1.